The molecule has 1 aromatic carbocycles. The summed E-state index contributed by atoms with van der Waals surface area (Å²) >= 11 is 0. The Balaban J connectivity index is 0.00000225. The normalized spacial score (nSPS) is 19.1. The van der Waals surface area contributed by atoms with Crippen LogP contribution in [-0.2, 0) is 4.79 Å². The van der Waals surface area contributed by atoms with Gasteiger partial charge >= 0.3 is 0 Å². The molecule has 1 saturated carbocycles. The van der Waals surface area contributed by atoms with E-state index >= 15 is 0 Å². The summed E-state index contributed by atoms with van der Waals surface area (Å²) in [5.41, 5.74) is 7.46. The Morgan fingerprint density at radius 2 is 1.92 bits per heavy atom. The molecular weight excluding hydrogens is 342 g/mol. The molecule has 1 fully saturated rings. The minimum atomic E-state index is -0.258. The maximum absolute atomic E-state index is 12.4. The molecule has 0 bridgehead atoms. The van der Waals surface area contributed by atoms with Crippen molar-refractivity contribution in [3.8, 4) is 0 Å². The number of nitrogens with one attached hydrogen (secondary N) is 2. The number of hydrogen-bond acceptors (Lipinski definition) is 4. The van der Waals surface area contributed by atoms with Crippen molar-refractivity contribution in [3.63, 3.8) is 0 Å². The molecule has 0 saturated heterocycles. The van der Waals surface area contributed by atoms with Gasteiger partial charge in [-0.15, -0.1) is 12.4 Å². The van der Waals surface area contributed by atoms with E-state index in [0.717, 1.165) is 19.3 Å². The summed E-state index contributed by atoms with van der Waals surface area (Å²) in [5, 5.41) is 5.71. The zero-order valence-corrected chi connectivity index (χ0v) is 14.6. The smallest absolute Gasteiger partial charge is 0.258 e. The van der Waals surface area contributed by atoms with Crippen molar-refractivity contribution in [1.29, 1.82) is 0 Å². The Labute approximate surface area is 152 Å². The summed E-state index contributed by atoms with van der Waals surface area (Å²) < 4.78 is 4.90. The lowest BCUT2D eigenvalue weighted by molar-refractivity contribution is -0.120. The highest BCUT2D eigenvalue weighted by Crippen LogP contribution is 2.32. The number of carbonyl (C=O) groups is 2. The summed E-state index contributed by atoms with van der Waals surface area (Å²) in [5.74, 6) is -0.0272. The first-order valence-electron chi connectivity index (χ1n) is 8.12. The summed E-state index contributed by atoms with van der Waals surface area (Å²) in [6.07, 6.45) is 5.76. The van der Waals surface area contributed by atoms with Crippen LogP contribution in [0.15, 0.2) is 47.3 Å². The minimum Gasteiger partial charge on any atom is -0.472 e. The molecule has 2 aromatic rings. The number of amides is 2. The first kappa shape index (κ1) is 19.0. The van der Waals surface area contributed by atoms with Crippen molar-refractivity contribution in [2.45, 2.75) is 19.3 Å². The second kappa shape index (κ2) is 8.69. The van der Waals surface area contributed by atoms with Gasteiger partial charge in [-0.2, -0.15) is 0 Å². The number of nitrogens with two attached hydrogens (primary N) is 1. The maximum Gasteiger partial charge on any atom is 0.258 e. The van der Waals surface area contributed by atoms with Crippen LogP contribution in [0.4, 0.5) is 11.4 Å². The molecule has 3 rings (SSSR count). The molecule has 6 nitrogen and oxygen atoms in total. The van der Waals surface area contributed by atoms with Crippen LogP contribution < -0.4 is 16.4 Å². The van der Waals surface area contributed by atoms with Crippen LogP contribution in [0.25, 0.3) is 0 Å². The molecule has 0 aliphatic heterocycles. The fourth-order valence-corrected chi connectivity index (χ4v) is 3.17. The topological polar surface area (TPSA) is 97.4 Å². The predicted molar refractivity (Wildman–Crippen MR) is 98.9 cm³/mol. The lowest BCUT2D eigenvalue weighted by atomic mass is 9.95. The Bertz CT molecular complexity index is 718. The van der Waals surface area contributed by atoms with Gasteiger partial charge in [-0.1, -0.05) is 12.5 Å². The van der Waals surface area contributed by atoms with Gasteiger partial charge in [0, 0.05) is 17.3 Å². The third-order valence-electron chi connectivity index (χ3n) is 4.47. The molecule has 0 spiro atoms. The SMILES string of the molecule is Cl.NC[C@H]1CCC[C@H]1C(=O)Nc1cccc(NC(=O)c2ccoc2)c1. The highest BCUT2D eigenvalue weighted by Gasteiger charge is 2.31. The van der Waals surface area contributed by atoms with E-state index in [-0.39, 0.29) is 36.1 Å². The Kier molecular flexibility index (Phi) is 6.61. The molecular formula is C18H22ClN3O3. The van der Waals surface area contributed by atoms with E-state index in [1.807, 2.05) is 0 Å². The van der Waals surface area contributed by atoms with Crippen molar-refractivity contribution < 1.29 is 14.0 Å². The molecule has 1 heterocycles. The fraction of sp³-hybridized carbons (Fsp3) is 0.333. The van der Waals surface area contributed by atoms with Gasteiger partial charge in [-0.25, -0.2) is 0 Å². The van der Waals surface area contributed by atoms with E-state index in [1.54, 1.807) is 30.3 Å². The van der Waals surface area contributed by atoms with Crippen molar-refractivity contribution in [2.24, 2.45) is 17.6 Å². The molecule has 0 radical (unpaired) electrons. The summed E-state index contributed by atoms with van der Waals surface area (Å²) in [7, 11) is 0. The summed E-state index contributed by atoms with van der Waals surface area (Å²) in [6.45, 7) is 0.541. The molecule has 1 aromatic heterocycles. The Hall–Kier alpha value is -2.31. The van der Waals surface area contributed by atoms with Crippen LogP contribution in [0.2, 0.25) is 0 Å². The number of hydrogen-bond donors (Lipinski definition) is 3. The molecule has 2 atom stereocenters. The van der Waals surface area contributed by atoms with Crippen LogP contribution in [-0.4, -0.2) is 18.4 Å². The first-order valence-corrected chi connectivity index (χ1v) is 8.12. The molecule has 7 heteroatoms. The first-order chi connectivity index (χ1) is 11.7. The van der Waals surface area contributed by atoms with E-state index in [2.05, 4.69) is 10.6 Å². The molecule has 134 valence electrons. The van der Waals surface area contributed by atoms with Crippen LogP contribution in [0, 0.1) is 11.8 Å². The van der Waals surface area contributed by atoms with Crippen molar-refractivity contribution >= 4 is 35.6 Å². The highest BCUT2D eigenvalue weighted by molar-refractivity contribution is 6.04. The Morgan fingerprint density at radius 3 is 2.60 bits per heavy atom. The van der Waals surface area contributed by atoms with Crippen LogP contribution in [0.1, 0.15) is 29.6 Å². The second-order valence-electron chi connectivity index (χ2n) is 6.07. The van der Waals surface area contributed by atoms with Gasteiger partial charge in [0.1, 0.15) is 6.26 Å². The molecule has 2 amide bonds. The standard InChI is InChI=1S/C18H21N3O3.ClH/c19-10-12-3-1-6-16(12)18(23)21-15-5-2-4-14(9-15)20-17(22)13-7-8-24-11-13;/h2,4-5,7-9,11-12,16H,1,3,6,10,19H2,(H,20,22)(H,21,23);1H/t12-,16-;/m1./s1. The summed E-state index contributed by atoms with van der Waals surface area (Å²) in [4.78, 5) is 24.5. The lowest BCUT2D eigenvalue weighted by Crippen LogP contribution is -2.29. The molecule has 1 aliphatic carbocycles. The quantitative estimate of drug-likeness (QED) is 0.759. The number of carbonyl (C=O) groups excluding carboxylic acids is 2. The van der Waals surface area contributed by atoms with Gasteiger partial charge in [-0.3, -0.25) is 9.59 Å². The average Bonchev–Trinajstić information content (AvgIpc) is 3.26. The molecule has 25 heavy (non-hydrogen) atoms. The van der Waals surface area contributed by atoms with Gasteiger partial charge in [0.05, 0.1) is 11.8 Å². The largest absolute Gasteiger partial charge is 0.472 e. The van der Waals surface area contributed by atoms with Gasteiger partial charge in [-0.05, 0) is 49.6 Å². The van der Waals surface area contributed by atoms with Crippen molar-refractivity contribution in [1.82, 2.24) is 0 Å². The van der Waals surface area contributed by atoms with E-state index in [9.17, 15) is 9.59 Å². The number of benzene rings is 1. The van der Waals surface area contributed by atoms with Gasteiger partial charge < -0.3 is 20.8 Å². The zero-order valence-electron chi connectivity index (χ0n) is 13.7. The minimum absolute atomic E-state index is 0. The molecule has 0 unspecified atom stereocenters. The maximum atomic E-state index is 12.4. The van der Waals surface area contributed by atoms with Gasteiger partial charge in [0.2, 0.25) is 5.91 Å². The van der Waals surface area contributed by atoms with Crippen LogP contribution in [0.5, 0.6) is 0 Å². The third kappa shape index (κ3) is 4.61. The van der Waals surface area contributed by atoms with E-state index in [0.29, 0.717) is 23.5 Å². The number of rotatable bonds is 5. The predicted octanol–water partition coefficient (Wildman–Crippen LogP) is 3.27. The summed E-state index contributed by atoms with van der Waals surface area (Å²) in [6, 6.07) is 8.69. The van der Waals surface area contributed by atoms with E-state index in [4.69, 9.17) is 10.2 Å². The van der Waals surface area contributed by atoms with Crippen LogP contribution in [0.3, 0.4) is 0 Å². The van der Waals surface area contributed by atoms with Crippen LogP contribution >= 0.6 is 12.4 Å². The van der Waals surface area contributed by atoms with Crippen molar-refractivity contribution in [2.75, 3.05) is 17.2 Å². The van der Waals surface area contributed by atoms with Gasteiger partial charge in [0.25, 0.3) is 5.91 Å². The number of halogens is 1. The van der Waals surface area contributed by atoms with Crippen molar-refractivity contribution in [3.05, 3.63) is 48.4 Å². The number of furan rings is 1. The lowest BCUT2D eigenvalue weighted by Gasteiger charge is -2.17. The fourth-order valence-electron chi connectivity index (χ4n) is 3.17. The average molecular weight is 364 g/mol. The number of anilines is 2. The Morgan fingerprint density at radius 1 is 1.16 bits per heavy atom. The van der Waals surface area contributed by atoms with E-state index < -0.39 is 0 Å². The molecule has 1 aliphatic rings. The third-order valence-corrected chi connectivity index (χ3v) is 4.47. The zero-order chi connectivity index (χ0) is 16.9. The highest BCUT2D eigenvalue weighted by atomic mass is 35.5. The van der Waals surface area contributed by atoms with E-state index in [1.165, 1.54) is 12.5 Å². The van der Waals surface area contributed by atoms with Gasteiger partial charge in [0.15, 0.2) is 0 Å². The monoisotopic (exact) mass is 363 g/mol. The second-order valence-corrected chi connectivity index (χ2v) is 6.07. The molecule has 4 N–H and O–H groups in total.